The van der Waals surface area contributed by atoms with Crippen LogP contribution in [0.4, 0.5) is 4.39 Å². The molecule has 0 aromatic heterocycles. The van der Waals surface area contributed by atoms with Gasteiger partial charge in [0.15, 0.2) is 0 Å². The van der Waals surface area contributed by atoms with Crippen molar-refractivity contribution in [2.24, 2.45) is 0 Å². The number of hydrogen-bond acceptors (Lipinski definition) is 1. The Balaban J connectivity index is 2.94. The van der Waals surface area contributed by atoms with Gasteiger partial charge in [0, 0.05) is 6.42 Å². The minimum Gasteiger partial charge on any atom is -0.261 e. The van der Waals surface area contributed by atoms with E-state index in [1.54, 1.807) is 0 Å². The van der Waals surface area contributed by atoms with Crippen molar-refractivity contribution < 1.29 is 9.18 Å². The Morgan fingerprint density at radius 1 is 0.600 bits per heavy atom. The Bertz CT molecular complexity index is 204. The monoisotopic (exact) mass is 286 g/mol. The summed E-state index contributed by atoms with van der Waals surface area (Å²) in [5.41, 5.74) is 0. The van der Waals surface area contributed by atoms with Gasteiger partial charge in [-0.05, 0) is 6.42 Å². The molecule has 0 heterocycles. The first-order chi connectivity index (χ1) is 9.77. The summed E-state index contributed by atoms with van der Waals surface area (Å²) < 4.78 is 11.9. The maximum atomic E-state index is 11.9. The molecule has 1 nitrogen and oxygen atoms in total. The van der Waals surface area contributed by atoms with Gasteiger partial charge in [-0.1, -0.05) is 96.8 Å². The second kappa shape index (κ2) is 16.7. The molecule has 0 aliphatic heterocycles. The quantitative estimate of drug-likeness (QED) is 0.227. The number of hydrogen-bond donors (Lipinski definition) is 0. The van der Waals surface area contributed by atoms with Gasteiger partial charge in [0.25, 0.3) is 0 Å². The summed E-state index contributed by atoms with van der Waals surface area (Å²) >= 11 is 0. The van der Waals surface area contributed by atoms with Crippen LogP contribution >= 0.6 is 0 Å². The zero-order chi connectivity index (χ0) is 14.9. The number of rotatable bonds is 16. The van der Waals surface area contributed by atoms with Crippen LogP contribution in [0.5, 0.6) is 0 Å². The zero-order valence-electron chi connectivity index (χ0n) is 13.6. The molecule has 0 aliphatic carbocycles. The smallest absolute Gasteiger partial charge is 0.261 e. The average molecular weight is 286 g/mol. The van der Waals surface area contributed by atoms with E-state index >= 15 is 0 Å². The fourth-order valence-corrected chi connectivity index (χ4v) is 2.64. The minimum absolute atomic E-state index is 0.123. The maximum absolute atomic E-state index is 11.9. The SMILES string of the molecule is CCCCCCCCCCCCCCCCCC(=O)F. The van der Waals surface area contributed by atoms with E-state index in [1.807, 2.05) is 0 Å². The second-order valence-corrected chi connectivity index (χ2v) is 6.05. The predicted molar refractivity (Wildman–Crippen MR) is 85.7 cm³/mol. The van der Waals surface area contributed by atoms with E-state index < -0.39 is 6.04 Å². The lowest BCUT2D eigenvalue weighted by molar-refractivity contribution is -0.129. The molecule has 0 atom stereocenters. The molecular formula is C18H35FO. The van der Waals surface area contributed by atoms with Gasteiger partial charge in [0.1, 0.15) is 0 Å². The standard InChI is InChI=1S/C18H35FO/c1-2-3-4-5-6-7-8-9-10-11-12-13-14-15-16-17-18(19)20/h2-17H2,1H3. The van der Waals surface area contributed by atoms with E-state index in [-0.39, 0.29) is 6.42 Å². The predicted octanol–water partition coefficient (Wildman–Crippen LogP) is 6.74. The van der Waals surface area contributed by atoms with Crippen LogP contribution in [0.1, 0.15) is 110 Å². The summed E-state index contributed by atoms with van der Waals surface area (Å²) in [5, 5.41) is 0. The van der Waals surface area contributed by atoms with E-state index in [4.69, 9.17) is 0 Å². The molecule has 0 aromatic carbocycles. The summed E-state index contributed by atoms with van der Waals surface area (Å²) in [5.74, 6) is 0. The lowest BCUT2D eigenvalue weighted by atomic mass is 10.0. The molecular weight excluding hydrogens is 251 g/mol. The molecule has 0 spiro atoms. The Labute approximate surface area is 125 Å². The molecule has 0 bridgehead atoms. The molecule has 0 radical (unpaired) electrons. The Morgan fingerprint density at radius 3 is 1.20 bits per heavy atom. The van der Waals surface area contributed by atoms with Crippen molar-refractivity contribution in [1.29, 1.82) is 0 Å². The zero-order valence-corrected chi connectivity index (χ0v) is 13.6. The second-order valence-electron chi connectivity index (χ2n) is 6.05. The van der Waals surface area contributed by atoms with E-state index in [0.29, 0.717) is 0 Å². The van der Waals surface area contributed by atoms with E-state index in [9.17, 15) is 9.18 Å². The molecule has 0 aromatic rings. The number of carbonyl (C=O) groups is 1. The highest BCUT2D eigenvalue weighted by Gasteiger charge is 1.97. The molecule has 0 unspecified atom stereocenters. The third-order valence-electron chi connectivity index (χ3n) is 3.98. The fourth-order valence-electron chi connectivity index (χ4n) is 2.64. The lowest BCUT2D eigenvalue weighted by Gasteiger charge is -2.03. The molecule has 0 saturated carbocycles. The van der Waals surface area contributed by atoms with Gasteiger partial charge in [-0.25, -0.2) is 0 Å². The van der Waals surface area contributed by atoms with Crippen LogP contribution in [0.2, 0.25) is 0 Å². The van der Waals surface area contributed by atoms with Crippen LogP contribution in [-0.4, -0.2) is 6.04 Å². The maximum Gasteiger partial charge on any atom is 0.301 e. The summed E-state index contributed by atoms with van der Waals surface area (Å²) in [7, 11) is 0. The summed E-state index contributed by atoms with van der Waals surface area (Å²) in [6.07, 6.45) is 19.5. The number of halogens is 1. The molecule has 2 heteroatoms. The highest BCUT2D eigenvalue weighted by Crippen LogP contribution is 2.13. The third-order valence-corrected chi connectivity index (χ3v) is 3.98. The lowest BCUT2D eigenvalue weighted by Crippen LogP contribution is -1.87. The molecule has 20 heavy (non-hydrogen) atoms. The number of unbranched alkanes of at least 4 members (excludes halogenated alkanes) is 14. The molecule has 0 amide bonds. The van der Waals surface area contributed by atoms with Crippen LogP contribution in [0.3, 0.4) is 0 Å². The van der Waals surface area contributed by atoms with Crippen LogP contribution in [0.15, 0.2) is 0 Å². The van der Waals surface area contributed by atoms with Crippen molar-refractivity contribution in [2.45, 2.75) is 110 Å². The molecule has 0 N–H and O–H groups in total. The van der Waals surface area contributed by atoms with Crippen molar-refractivity contribution >= 4 is 6.04 Å². The Kier molecular flexibility index (Phi) is 16.3. The van der Waals surface area contributed by atoms with Crippen molar-refractivity contribution in [3.8, 4) is 0 Å². The first-order valence-corrected chi connectivity index (χ1v) is 8.95. The molecule has 0 aliphatic rings. The van der Waals surface area contributed by atoms with Gasteiger partial charge in [0.2, 0.25) is 0 Å². The van der Waals surface area contributed by atoms with Crippen molar-refractivity contribution in [3.05, 3.63) is 0 Å². The highest BCUT2D eigenvalue weighted by atomic mass is 19.1. The Morgan fingerprint density at radius 2 is 0.900 bits per heavy atom. The molecule has 120 valence electrons. The van der Waals surface area contributed by atoms with Gasteiger partial charge in [-0.15, -0.1) is 0 Å². The van der Waals surface area contributed by atoms with Crippen LogP contribution in [-0.2, 0) is 4.79 Å². The van der Waals surface area contributed by atoms with Crippen molar-refractivity contribution in [2.75, 3.05) is 0 Å². The largest absolute Gasteiger partial charge is 0.301 e. The summed E-state index contributed by atoms with van der Waals surface area (Å²) in [6, 6.07) is -1.15. The van der Waals surface area contributed by atoms with Gasteiger partial charge >= 0.3 is 6.04 Å². The highest BCUT2D eigenvalue weighted by molar-refractivity contribution is 5.67. The fraction of sp³-hybridized carbons (Fsp3) is 0.944. The van der Waals surface area contributed by atoms with E-state index in [1.165, 1.54) is 77.0 Å². The molecule has 0 rings (SSSR count). The topological polar surface area (TPSA) is 17.1 Å². The van der Waals surface area contributed by atoms with Crippen molar-refractivity contribution in [1.82, 2.24) is 0 Å². The van der Waals surface area contributed by atoms with Gasteiger partial charge in [0.05, 0.1) is 0 Å². The van der Waals surface area contributed by atoms with Crippen LogP contribution in [0.25, 0.3) is 0 Å². The Hall–Kier alpha value is -0.400. The molecule has 0 fully saturated rings. The van der Waals surface area contributed by atoms with Gasteiger partial charge in [-0.2, -0.15) is 4.39 Å². The van der Waals surface area contributed by atoms with E-state index in [0.717, 1.165) is 19.3 Å². The summed E-state index contributed by atoms with van der Waals surface area (Å²) in [4.78, 5) is 10.1. The number of carbonyl (C=O) groups excluding carboxylic acids is 1. The normalized spacial score (nSPS) is 10.9. The van der Waals surface area contributed by atoms with Crippen molar-refractivity contribution in [3.63, 3.8) is 0 Å². The molecule has 0 saturated heterocycles. The van der Waals surface area contributed by atoms with Crippen LogP contribution < -0.4 is 0 Å². The van der Waals surface area contributed by atoms with Gasteiger partial charge in [-0.3, -0.25) is 4.79 Å². The summed E-state index contributed by atoms with van der Waals surface area (Å²) in [6.45, 7) is 2.26. The first-order valence-electron chi connectivity index (χ1n) is 8.95. The average Bonchev–Trinajstić information content (AvgIpc) is 2.43. The van der Waals surface area contributed by atoms with Crippen LogP contribution in [0, 0.1) is 0 Å². The third kappa shape index (κ3) is 17.6. The van der Waals surface area contributed by atoms with E-state index in [2.05, 4.69) is 6.92 Å². The van der Waals surface area contributed by atoms with Gasteiger partial charge < -0.3 is 0 Å². The first kappa shape index (κ1) is 19.6. The minimum atomic E-state index is -1.15.